The first-order chi connectivity index (χ1) is 12.1. The minimum absolute atomic E-state index is 0.494. The molecule has 144 valence electrons. The van der Waals surface area contributed by atoms with Gasteiger partial charge >= 0.3 is 24.1 Å². The SMILES string of the molecule is CC(=O)OC[C@H]1O[C@@H](OC(C)=O)[C@@H](N=[N+]=[N-])[C@@H](OC(C)=O)[C@@H]1OC(=O)O. The van der Waals surface area contributed by atoms with E-state index in [0.717, 1.165) is 20.8 Å². The van der Waals surface area contributed by atoms with Crippen LogP contribution in [0, 0.1) is 0 Å². The van der Waals surface area contributed by atoms with Gasteiger partial charge in [0.1, 0.15) is 18.8 Å². The molecule has 1 fully saturated rings. The van der Waals surface area contributed by atoms with Gasteiger partial charge in [-0.05, 0) is 5.53 Å². The topological polar surface area (TPSA) is 183 Å². The molecule has 1 heterocycles. The number of azide groups is 1. The number of carboxylic acid groups (broad SMARTS) is 1. The molecule has 0 spiro atoms. The zero-order valence-electron chi connectivity index (χ0n) is 14.1. The lowest BCUT2D eigenvalue weighted by atomic mass is 9.97. The highest BCUT2D eigenvalue weighted by atomic mass is 16.7. The van der Waals surface area contributed by atoms with Gasteiger partial charge in [-0.2, -0.15) is 0 Å². The lowest BCUT2D eigenvalue weighted by molar-refractivity contribution is -0.264. The average Bonchev–Trinajstić information content (AvgIpc) is 2.49. The zero-order valence-corrected chi connectivity index (χ0v) is 14.1. The van der Waals surface area contributed by atoms with E-state index >= 15 is 0 Å². The van der Waals surface area contributed by atoms with Crippen molar-refractivity contribution in [2.24, 2.45) is 5.11 Å². The fourth-order valence-corrected chi connectivity index (χ4v) is 2.25. The van der Waals surface area contributed by atoms with Gasteiger partial charge in [0.15, 0.2) is 12.2 Å². The van der Waals surface area contributed by atoms with E-state index in [4.69, 9.17) is 29.6 Å². The van der Waals surface area contributed by atoms with E-state index in [1.54, 1.807) is 0 Å². The summed E-state index contributed by atoms with van der Waals surface area (Å²) < 4.78 is 24.7. The Morgan fingerprint density at radius 1 is 1.04 bits per heavy atom. The predicted octanol–water partition coefficient (Wildman–Crippen LogP) is 0.511. The van der Waals surface area contributed by atoms with E-state index in [1.807, 2.05) is 0 Å². The molecule has 1 rings (SSSR count). The Morgan fingerprint density at radius 3 is 2.12 bits per heavy atom. The second-order valence-electron chi connectivity index (χ2n) is 5.07. The molecule has 1 saturated heterocycles. The molecular weight excluding hydrogens is 358 g/mol. The Balaban J connectivity index is 3.28. The number of hydrogen-bond acceptors (Lipinski definition) is 10. The van der Waals surface area contributed by atoms with Gasteiger partial charge in [0.2, 0.25) is 6.29 Å². The van der Waals surface area contributed by atoms with Crippen LogP contribution in [-0.4, -0.2) is 66.4 Å². The van der Waals surface area contributed by atoms with Crippen LogP contribution in [0.4, 0.5) is 4.79 Å². The molecule has 0 aromatic rings. The van der Waals surface area contributed by atoms with E-state index in [1.165, 1.54) is 0 Å². The second-order valence-corrected chi connectivity index (χ2v) is 5.07. The Bertz CT molecular complexity index is 617. The molecule has 1 N–H and O–H groups in total. The van der Waals surface area contributed by atoms with E-state index in [9.17, 15) is 19.2 Å². The van der Waals surface area contributed by atoms with Gasteiger partial charge in [-0.1, -0.05) is 5.11 Å². The highest BCUT2D eigenvalue weighted by molar-refractivity contribution is 5.67. The summed E-state index contributed by atoms with van der Waals surface area (Å²) in [6.07, 6.45) is -7.57. The Hall–Kier alpha value is -3.05. The monoisotopic (exact) mass is 375 g/mol. The van der Waals surface area contributed by atoms with Gasteiger partial charge in [0, 0.05) is 25.7 Å². The molecule has 0 aliphatic carbocycles. The number of esters is 3. The van der Waals surface area contributed by atoms with Crippen molar-refractivity contribution in [3.63, 3.8) is 0 Å². The summed E-state index contributed by atoms with van der Waals surface area (Å²) in [5.41, 5.74) is 8.73. The van der Waals surface area contributed by atoms with Crippen molar-refractivity contribution in [3.05, 3.63) is 10.4 Å². The lowest BCUT2D eigenvalue weighted by Gasteiger charge is -2.42. The van der Waals surface area contributed by atoms with Crippen molar-refractivity contribution < 1.29 is 48.0 Å². The van der Waals surface area contributed by atoms with E-state index in [0.29, 0.717) is 0 Å². The standard InChI is InChI=1S/C13H17N3O10/c1-5(17)22-4-8-10(26-13(20)21)11(23-6(2)18)9(15-16-14)12(25-8)24-7(3)19/h8-12H,4H2,1-3H3,(H,20,21)/t8-,9+,10-,11-,12-/m1/s1. The maximum atomic E-state index is 11.4. The van der Waals surface area contributed by atoms with Crippen LogP contribution in [0.2, 0.25) is 0 Å². The van der Waals surface area contributed by atoms with Crippen molar-refractivity contribution >= 4 is 24.1 Å². The smallest absolute Gasteiger partial charge is 0.463 e. The fourth-order valence-electron chi connectivity index (χ4n) is 2.25. The second kappa shape index (κ2) is 9.44. The Morgan fingerprint density at radius 2 is 1.65 bits per heavy atom. The molecule has 13 nitrogen and oxygen atoms in total. The highest BCUT2D eigenvalue weighted by Crippen LogP contribution is 2.29. The molecule has 1 aliphatic heterocycles. The number of ether oxygens (including phenoxy) is 5. The number of carbonyl (C=O) groups excluding carboxylic acids is 3. The third-order valence-electron chi connectivity index (χ3n) is 3.07. The van der Waals surface area contributed by atoms with E-state index in [-0.39, 0.29) is 0 Å². The summed E-state index contributed by atoms with van der Waals surface area (Å²) in [7, 11) is 0. The van der Waals surface area contributed by atoms with Crippen molar-refractivity contribution in [3.8, 4) is 0 Å². The van der Waals surface area contributed by atoms with Gasteiger partial charge in [-0.25, -0.2) is 4.79 Å². The predicted molar refractivity (Wildman–Crippen MR) is 78.4 cm³/mol. The molecule has 5 atom stereocenters. The van der Waals surface area contributed by atoms with Gasteiger partial charge in [-0.15, -0.1) is 0 Å². The third kappa shape index (κ3) is 6.11. The highest BCUT2D eigenvalue weighted by Gasteiger charge is 2.51. The van der Waals surface area contributed by atoms with Gasteiger partial charge in [0.25, 0.3) is 0 Å². The largest absolute Gasteiger partial charge is 0.506 e. The van der Waals surface area contributed by atoms with Gasteiger partial charge in [0.05, 0.1) is 0 Å². The minimum Gasteiger partial charge on any atom is -0.463 e. The molecule has 0 saturated carbocycles. The average molecular weight is 375 g/mol. The number of nitrogens with zero attached hydrogens (tertiary/aromatic N) is 3. The maximum Gasteiger partial charge on any atom is 0.506 e. The van der Waals surface area contributed by atoms with Crippen LogP contribution in [0.3, 0.4) is 0 Å². The van der Waals surface area contributed by atoms with E-state index in [2.05, 4.69) is 14.8 Å². The first-order valence-corrected chi connectivity index (χ1v) is 7.22. The van der Waals surface area contributed by atoms with E-state index < -0.39 is 61.3 Å². The molecule has 0 radical (unpaired) electrons. The van der Waals surface area contributed by atoms with Crippen LogP contribution in [0.5, 0.6) is 0 Å². The molecule has 26 heavy (non-hydrogen) atoms. The van der Waals surface area contributed by atoms with Crippen molar-refractivity contribution in [1.82, 2.24) is 0 Å². The first kappa shape index (κ1) is 21.0. The molecule has 13 heteroatoms. The number of rotatable bonds is 6. The molecular formula is C13H17N3O10. The summed E-state index contributed by atoms with van der Waals surface area (Å²) in [4.78, 5) is 47.2. The van der Waals surface area contributed by atoms with Crippen LogP contribution >= 0.6 is 0 Å². The molecule has 0 bridgehead atoms. The third-order valence-corrected chi connectivity index (χ3v) is 3.07. The Labute approximate surface area is 146 Å². The molecule has 0 aromatic heterocycles. The summed E-state index contributed by atoms with van der Waals surface area (Å²) in [6, 6.07) is -1.44. The normalized spacial score (nSPS) is 27.4. The molecule has 1 aliphatic rings. The van der Waals surface area contributed by atoms with Crippen LogP contribution in [-0.2, 0) is 38.1 Å². The molecule has 0 unspecified atom stereocenters. The van der Waals surface area contributed by atoms with Crippen molar-refractivity contribution in [2.75, 3.05) is 6.61 Å². The summed E-state index contributed by atoms with van der Waals surface area (Å²) in [5, 5.41) is 12.3. The van der Waals surface area contributed by atoms with Crippen LogP contribution in [0.25, 0.3) is 10.4 Å². The van der Waals surface area contributed by atoms with Gasteiger partial charge in [-0.3, -0.25) is 14.4 Å². The lowest BCUT2D eigenvalue weighted by Crippen LogP contribution is -2.61. The van der Waals surface area contributed by atoms with Gasteiger partial charge < -0.3 is 28.8 Å². The molecule has 0 aromatic carbocycles. The van der Waals surface area contributed by atoms with Crippen molar-refractivity contribution in [2.45, 2.75) is 51.4 Å². The fraction of sp³-hybridized carbons (Fsp3) is 0.692. The quantitative estimate of drug-likeness (QED) is 0.225. The van der Waals surface area contributed by atoms with Crippen LogP contribution in [0.1, 0.15) is 20.8 Å². The van der Waals surface area contributed by atoms with Crippen molar-refractivity contribution in [1.29, 1.82) is 0 Å². The summed E-state index contributed by atoms with van der Waals surface area (Å²) >= 11 is 0. The Kier molecular flexibility index (Phi) is 7.62. The maximum absolute atomic E-state index is 11.4. The summed E-state index contributed by atoms with van der Waals surface area (Å²) in [5.74, 6) is -2.35. The van der Waals surface area contributed by atoms with Crippen LogP contribution < -0.4 is 0 Å². The van der Waals surface area contributed by atoms with Crippen LogP contribution in [0.15, 0.2) is 5.11 Å². The first-order valence-electron chi connectivity index (χ1n) is 7.22. The summed E-state index contributed by atoms with van der Waals surface area (Å²) in [6.45, 7) is 2.69. The molecule has 0 amide bonds. The zero-order chi connectivity index (χ0) is 19.9. The minimum atomic E-state index is -1.74. The number of hydrogen-bond donors (Lipinski definition) is 1. The number of carbonyl (C=O) groups is 4.